The summed E-state index contributed by atoms with van der Waals surface area (Å²) in [5.41, 5.74) is 9.47. The number of aryl methyl sites for hydroxylation is 1. The van der Waals surface area contributed by atoms with E-state index >= 15 is 0 Å². The van der Waals surface area contributed by atoms with Crippen LogP contribution in [0.5, 0.6) is 0 Å². The third-order valence-electron chi connectivity index (χ3n) is 4.28. The van der Waals surface area contributed by atoms with Crippen molar-refractivity contribution in [3.8, 4) is 0 Å². The highest BCUT2D eigenvalue weighted by molar-refractivity contribution is 5.37. The van der Waals surface area contributed by atoms with Crippen LogP contribution in [0.3, 0.4) is 0 Å². The highest BCUT2D eigenvalue weighted by atomic mass is 14.6. The van der Waals surface area contributed by atoms with E-state index in [-0.39, 0.29) is 5.41 Å². The molecule has 0 bridgehead atoms. The van der Waals surface area contributed by atoms with E-state index in [9.17, 15) is 0 Å². The third-order valence-corrected chi connectivity index (χ3v) is 4.28. The second kappa shape index (κ2) is 5.22. The molecule has 17 heavy (non-hydrogen) atoms. The average Bonchev–Trinajstić information content (AvgIpc) is 2.36. The van der Waals surface area contributed by atoms with Crippen LogP contribution in [0.4, 0.5) is 0 Å². The largest absolute Gasteiger partial charge is 0.330 e. The first-order valence-corrected chi connectivity index (χ1v) is 6.96. The zero-order chi connectivity index (χ0) is 12.3. The molecule has 1 heteroatoms. The third kappa shape index (κ3) is 2.55. The second-order valence-electron chi connectivity index (χ2n) is 5.93. The van der Waals surface area contributed by atoms with Crippen molar-refractivity contribution in [3.63, 3.8) is 0 Å². The van der Waals surface area contributed by atoms with Gasteiger partial charge in [-0.15, -0.1) is 0 Å². The van der Waals surface area contributed by atoms with Gasteiger partial charge in [0.25, 0.3) is 0 Å². The van der Waals surface area contributed by atoms with Gasteiger partial charge in [-0.25, -0.2) is 0 Å². The van der Waals surface area contributed by atoms with Gasteiger partial charge in [0.15, 0.2) is 0 Å². The van der Waals surface area contributed by atoms with Crippen molar-refractivity contribution >= 4 is 0 Å². The van der Waals surface area contributed by atoms with Crippen LogP contribution in [-0.2, 0) is 11.8 Å². The van der Waals surface area contributed by atoms with Crippen molar-refractivity contribution in [2.75, 3.05) is 6.54 Å². The lowest BCUT2D eigenvalue weighted by Crippen LogP contribution is -2.38. The highest BCUT2D eigenvalue weighted by Gasteiger charge is 2.34. The van der Waals surface area contributed by atoms with E-state index in [0.717, 1.165) is 12.5 Å². The number of nitrogens with two attached hydrogens (primary N) is 1. The van der Waals surface area contributed by atoms with E-state index in [1.807, 2.05) is 0 Å². The van der Waals surface area contributed by atoms with Crippen molar-refractivity contribution in [1.82, 2.24) is 0 Å². The summed E-state index contributed by atoms with van der Waals surface area (Å²) in [5, 5.41) is 0. The maximum atomic E-state index is 6.14. The molecule has 0 heterocycles. The van der Waals surface area contributed by atoms with Gasteiger partial charge in [-0.3, -0.25) is 0 Å². The van der Waals surface area contributed by atoms with Crippen molar-refractivity contribution in [2.24, 2.45) is 11.7 Å². The molecule has 1 aliphatic carbocycles. The van der Waals surface area contributed by atoms with Gasteiger partial charge < -0.3 is 5.73 Å². The molecule has 0 saturated carbocycles. The number of benzene rings is 1. The second-order valence-corrected chi connectivity index (χ2v) is 5.93. The van der Waals surface area contributed by atoms with Gasteiger partial charge in [-0.2, -0.15) is 0 Å². The number of hydrogen-bond donors (Lipinski definition) is 1. The van der Waals surface area contributed by atoms with Crippen LogP contribution >= 0.6 is 0 Å². The maximum Gasteiger partial charge on any atom is 0.00785 e. The first-order valence-electron chi connectivity index (χ1n) is 6.96. The van der Waals surface area contributed by atoms with Crippen LogP contribution in [0.25, 0.3) is 0 Å². The summed E-state index contributed by atoms with van der Waals surface area (Å²) in [6.45, 7) is 5.41. The van der Waals surface area contributed by atoms with Crippen LogP contribution in [0.15, 0.2) is 24.3 Å². The zero-order valence-corrected chi connectivity index (χ0v) is 11.2. The quantitative estimate of drug-likeness (QED) is 0.841. The summed E-state index contributed by atoms with van der Waals surface area (Å²) in [6, 6.07) is 8.92. The molecule has 0 aromatic heterocycles. The van der Waals surface area contributed by atoms with Crippen LogP contribution < -0.4 is 5.73 Å². The van der Waals surface area contributed by atoms with Crippen molar-refractivity contribution in [3.05, 3.63) is 35.4 Å². The molecule has 0 fully saturated rings. The molecule has 94 valence electrons. The molecule has 1 aromatic rings. The Labute approximate surface area is 105 Å². The van der Waals surface area contributed by atoms with E-state index in [0.29, 0.717) is 0 Å². The predicted octanol–water partition coefficient (Wildman–Crippen LogP) is 3.66. The molecule has 0 spiro atoms. The fourth-order valence-electron chi connectivity index (χ4n) is 3.15. The summed E-state index contributed by atoms with van der Waals surface area (Å²) in [5.74, 6) is 0.771. The van der Waals surface area contributed by atoms with Crippen LogP contribution in [-0.4, -0.2) is 6.54 Å². The van der Waals surface area contributed by atoms with Crippen molar-refractivity contribution < 1.29 is 0 Å². The predicted molar refractivity (Wildman–Crippen MR) is 74.2 cm³/mol. The van der Waals surface area contributed by atoms with E-state index in [2.05, 4.69) is 38.1 Å². The molecular formula is C16H25N. The standard InChI is InChI=1S/C16H25N/c1-13(2)9-11-16(12-17)10-5-7-14-6-3-4-8-15(14)16/h3-4,6,8,13H,5,7,9-12,17H2,1-2H3. The molecule has 1 unspecified atom stereocenters. The van der Waals surface area contributed by atoms with Gasteiger partial charge >= 0.3 is 0 Å². The smallest absolute Gasteiger partial charge is 0.00785 e. The average molecular weight is 231 g/mol. The molecule has 0 saturated heterocycles. The molecule has 1 atom stereocenters. The zero-order valence-electron chi connectivity index (χ0n) is 11.2. The topological polar surface area (TPSA) is 26.0 Å². The fourth-order valence-corrected chi connectivity index (χ4v) is 3.15. The van der Waals surface area contributed by atoms with Crippen molar-refractivity contribution in [1.29, 1.82) is 0 Å². The van der Waals surface area contributed by atoms with Gasteiger partial charge in [0, 0.05) is 12.0 Å². The molecule has 1 nitrogen and oxygen atoms in total. The minimum absolute atomic E-state index is 0.263. The molecule has 2 rings (SSSR count). The molecule has 0 amide bonds. The summed E-state index contributed by atoms with van der Waals surface area (Å²) in [6.07, 6.45) is 6.34. The highest BCUT2D eigenvalue weighted by Crippen LogP contribution is 2.40. The molecule has 2 N–H and O–H groups in total. The summed E-state index contributed by atoms with van der Waals surface area (Å²) >= 11 is 0. The SMILES string of the molecule is CC(C)CCC1(CN)CCCc2ccccc21. The lowest BCUT2D eigenvalue weighted by Gasteiger charge is -2.39. The molecular weight excluding hydrogens is 206 g/mol. The first kappa shape index (κ1) is 12.6. The van der Waals surface area contributed by atoms with Crippen molar-refractivity contribution in [2.45, 2.75) is 51.4 Å². The fraction of sp³-hybridized carbons (Fsp3) is 0.625. The first-order chi connectivity index (χ1) is 8.18. The van der Waals surface area contributed by atoms with Crippen LogP contribution in [0.1, 0.15) is 50.7 Å². The normalized spacial score (nSPS) is 23.8. The Morgan fingerprint density at radius 1 is 1.29 bits per heavy atom. The van der Waals surface area contributed by atoms with E-state index in [1.165, 1.54) is 43.2 Å². The Kier molecular flexibility index (Phi) is 3.88. The van der Waals surface area contributed by atoms with E-state index < -0.39 is 0 Å². The van der Waals surface area contributed by atoms with Crippen LogP contribution in [0, 0.1) is 5.92 Å². The Morgan fingerprint density at radius 3 is 2.76 bits per heavy atom. The maximum absolute atomic E-state index is 6.14. The molecule has 0 radical (unpaired) electrons. The Balaban J connectivity index is 2.28. The lowest BCUT2D eigenvalue weighted by molar-refractivity contribution is 0.316. The summed E-state index contributed by atoms with van der Waals surface area (Å²) in [7, 11) is 0. The molecule has 1 aromatic carbocycles. The Hall–Kier alpha value is -0.820. The minimum atomic E-state index is 0.263. The van der Waals surface area contributed by atoms with Crippen LogP contribution in [0.2, 0.25) is 0 Å². The lowest BCUT2D eigenvalue weighted by atomic mass is 9.67. The summed E-state index contributed by atoms with van der Waals surface area (Å²) in [4.78, 5) is 0. The minimum Gasteiger partial charge on any atom is -0.330 e. The van der Waals surface area contributed by atoms with Gasteiger partial charge in [0.2, 0.25) is 0 Å². The van der Waals surface area contributed by atoms with Gasteiger partial charge in [-0.1, -0.05) is 44.5 Å². The molecule has 1 aliphatic rings. The number of rotatable bonds is 4. The van der Waals surface area contributed by atoms with Gasteiger partial charge in [-0.05, 0) is 42.7 Å². The molecule has 0 aliphatic heterocycles. The van der Waals surface area contributed by atoms with E-state index in [4.69, 9.17) is 5.73 Å². The van der Waals surface area contributed by atoms with Gasteiger partial charge in [0.1, 0.15) is 0 Å². The Morgan fingerprint density at radius 2 is 2.06 bits per heavy atom. The monoisotopic (exact) mass is 231 g/mol. The van der Waals surface area contributed by atoms with Gasteiger partial charge in [0.05, 0.1) is 0 Å². The summed E-state index contributed by atoms with van der Waals surface area (Å²) < 4.78 is 0. The number of hydrogen-bond acceptors (Lipinski definition) is 1. The van der Waals surface area contributed by atoms with E-state index in [1.54, 1.807) is 0 Å². The number of fused-ring (bicyclic) bond motifs is 1. The Bertz CT molecular complexity index is 370.